The monoisotopic (exact) mass is 440 g/mol. The molecule has 3 nitrogen and oxygen atoms in total. The van der Waals surface area contributed by atoms with Crippen LogP contribution in [0, 0.1) is 17.3 Å². The number of nitrogens with two attached hydrogens (primary N) is 1. The molecule has 0 bridgehead atoms. The smallest absolute Gasteiger partial charge is 0.119 e. The molecule has 0 aliphatic heterocycles. The molecule has 180 valence electrons. The molecule has 0 aromatic heterocycles. The van der Waals surface area contributed by atoms with Crippen molar-refractivity contribution in [2.45, 2.75) is 109 Å². The first kappa shape index (κ1) is 24.1. The molecule has 3 heteroatoms. The first-order valence-corrected chi connectivity index (χ1v) is 13.8. The number of methoxy groups -OCH3 is 1. The Balaban J connectivity index is 1.23. The van der Waals surface area contributed by atoms with E-state index >= 15 is 0 Å². The van der Waals surface area contributed by atoms with Crippen LogP contribution in [0.2, 0.25) is 0 Å². The van der Waals surface area contributed by atoms with Gasteiger partial charge in [-0.05, 0) is 111 Å². The molecule has 0 saturated heterocycles. The fraction of sp³-hybridized carbons (Fsp3) is 0.793. The highest BCUT2D eigenvalue weighted by molar-refractivity contribution is 5.40. The third kappa shape index (κ3) is 5.20. The normalized spacial score (nSPS) is 31.1. The topological polar surface area (TPSA) is 47.3 Å². The molecule has 2 fully saturated rings. The van der Waals surface area contributed by atoms with Gasteiger partial charge in [0, 0.05) is 6.04 Å². The van der Waals surface area contributed by atoms with Crippen LogP contribution in [0.1, 0.15) is 107 Å². The standard InChI is InChI=1S/C29H48N2O/c1-29-18-17-25-24-14-12-23(32-2)21-22(24)11-13-26(25)27(29)15-16-28(29)31-20-10-8-6-4-3-5-7-9-19-30/h12,14,21,25-28,31H,3-11,13,15-20,30H2,1-2H3/t25?,26?,27?,28?,29-/m0/s1. The Morgan fingerprint density at radius 3 is 2.47 bits per heavy atom. The minimum Gasteiger partial charge on any atom is -0.497 e. The second kappa shape index (κ2) is 11.4. The first-order chi connectivity index (χ1) is 15.7. The van der Waals surface area contributed by atoms with Crippen LogP contribution >= 0.6 is 0 Å². The highest BCUT2D eigenvalue weighted by atomic mass is 16.5. The maximum Gasteiger partial charge on any atom is 0.119 e. The summed E-state index contributed by atoms with van der Waals surface area (Å²) in [7, 11) is 1.79. The summed E-state index contributed by atoms with van der Waals surface area (Å²) >= 11 is 0. The third-order valence-electron chi connectivity index (χ3n) is 9.46. The minimum atomic E-state index is 0.508. The zero-order valence-corrected chi connectivity index (χ0v) is 20.8. The van der Waals surface area contributed by atoms with Gasteiger partial charge in [-0.1, -0.05) is 51.5 Å². The van der Waals surface area contributed by atoms with Gasteiger partial charge in [0.25, 0.3) is 0 Å². The lowest BCUT2D eigenvalue weighted by Gasteiger charge is -2.51. The summed E-state index contributed by atoms with van der Waals surface area (Å²) in [6.45, 7) is 4.71. The molecule has 2 saturated carbocycles. The van der Waals surface area contributed by atoms with Gasteiger partial charge in [0.15, 0.2) is 0 Å². The van der Waals surface area contributed by atoms with E-state index in [4.69, 9.17) is 10.5 Å². The van der Waals surface area contributed by atoms with E-state index in [2.05, 4.69) is 30.4 Å². The Labute approximate surface area is 197 Å². The Bertz CT molecular complexity index is 719. The van der Waals surface area contributed by atoms with Crippen LogP contribution in [0.25, 0.3) is 0 Å². The van der Waals surface area contributed by atoms with Gasteiger partial charge < -0.3 is 15.8 Å². The second-order valence-corrected chi connectivity index (χ2v) is 11.2. The number of aryl methyl sites for hydroxylation is 1. The van der Waals surface area contributed by atoms with E-state index in [1.54, 1.807) is 18.2 Å². The number of unbranched alkanes of at least 4 members (excludes halogenated alkanes) is 7. The molecule has 3 N–H and O–H groups in total. The quantitative estimate of drug-likeness (QED) is 0.360. The molecule has 4 rings (SSSR count). The Hall–Kier alpha value is -1.06. The molecule has 32 heavy (non-hydrogen) atoms. The van der Waals surface area contributed by atoms with Crippen molar-refractivity contribution in [2.75, 3.05) is 20.2 Å². The van der Waals surface area contributed by atoms with E-state index in [0.717, 1.165) is 36.1 Å². The first-order valence-electron chi connectivity index (χ1n) is 13.8. The highest BCUT2D eigenvalue weighted by Gasteiger charge is 2.54. The van der Waals surface area contributed by atoms with Crippen molar-refractivity contribution in [3.8, 4) is 5.75 Å². The maximum atomic E-state index is 5.58. The van der Waals surface area contributed by atoms with Crippen LogP contribution in [-0.2, 0) is 6.42 Å². The van der Waals surface area contributed by atoms with Crippen molar-refractivity contribution in [1.82, 2.24) is 5.32 Å². The maximum absolute atomic E-state index is 5.58. The van der Waals surface area contributed by atoms with Crippen molar-refractivity contribution >= 4 is 0 Å². The van der Waals surface area contributed by atoms with Crippen molar-refractivity contribution in [1.29, 1.82) is 0 Å². The Kier molecular flexibility index (Phi) is 8.56. The zero-order chi connectivity index (χ0) is 22.4. The lowest BCUT2D eigenvalue weighted by molar-refractivity contribution is 0.0412. The molecule has 1 aromatic carbocycles. The van der Waals surface area contributed by atoms with Crippen LogP contribution in [0.4, 0.5) is 0 Å². The average molecular weight is 441 g/mol. The summed E-state index contributed by atoms with van der Waals surface area (Å²) in [5, 5.41) is 4.04. The third-order valence-corrected chi connectivity index (χ3v) is 9.46. The number of rotatable bonds is 12. The molecular formula is C29H48N2O. The van der Waals surface area contributed by atoms with Gasteiger partial charge in [-0.25, -0.2) is 0 Å². The summed E-state index contributed by atoms with van der Waals surface area (Å²) in [6.07, 6.45) is 19.1. The van der Waals surface area contributed by atoms with Crippen LogP contribution in [-0.4, -0.2) is 26.2 Å². The number of benzene rings is 1. The largest absolute Gasteiger partial charge is 0.497 e. The van der Waals surface area contributed by atoms with Crippen molar-refractivity contribution in [3.05, 3.63) is 29.3 Å². The lowest BCUT2D eigenvalue weighted by atomic mass is 9.55. The molecule has 4 unspecified atom stereocenters. The molecule has 3 aliphatic carbocycles. The van der Waals surface area contributed by atoms with Gasteiger partial charge >= 0.3 is 0 Å². The summed E-state index contributed by atoms with van der Waals surface area (Å²) in [5.41, 5.74) is 9.28. The fourth-order valence-electron chi connectivity index (χ4n) is 7.63. The van der Waals surface area contributed by atoms with E-state index in [-0.39, 0.29) is 0 Å². The average Bonchev–Trinajstić information content (AvgIpc) is 3.16. The van der Waals surface area contributed by atoms with Gasteiger partial charge in [0.05, 0.1) is 7.11 Å². The van der Waals surface area contributed by atoms with Crippen LogP contribution in [0.3, 0.4) is 0 Å². The molecule has 1 aromatic rings. The van der Waals surface area contributed by atoms with E-state index in [9.17, 15) is 0 Å². The predicted molar refractivity (Wildman–Crippen MR) is 135 cm³/mol. The van der Waals surface area contributed by atoms with Crippen molar-refractivity contribution < 1.29 is 4.74 Å². The predicted octanol–water partition coefficient (Wildman–Crippen LogP) is 6.59. The molecular weight excluding hydrogens is 392 g/mol. The number of hydrogen-bond donors (Lipinski definition) is 2. The van der Waals surface area contributed by atoms with Crippen LogP contribution < -0.4 is 15.8 Å². The van der Waals surface area contributed by atoms with Crippen molar-refractivity contribution in [3.63, 3.8) is 0 Å². The SMILES string of the molecule is COc1ccc2c(c1)CCC1C2CC[C@]2(C)C(NCCCCCCCCCCN)CCC12. The Morgan fingerprint density at radius 2 is 1.72 bits per heavy atom. The summed E-state index contributed by atoms with van der Waals surface area (Å²) < 4.78 is 5.49. The zero-order valence-electron chi connectivity index (χ0n) is 20.8. The molecule has 3 aliphatic rings. The molecule has 0 heterocycles. The second-order valence-electron chi connectivity index (χ2n) is 11.2. The summed E-state index contributed by atoms with van der Waals surface area (Å²) in [6, 6.07) is 7.62. The number of hydrogen-bond acceptors (Lipinski definition) is 3. The highest BCUT2D eigenvalue weighted by Crippen LogP contribution is 2.60. The number of ether oxygens (including phenoxy) is 1. The van der Waals surface area contributed by atoms with Crippen molar-refractivity contribution in [2.24, 2.45) is 23.0 Å². The van der Waals surface area contributed by atoms with Gasteiger partial charge in [-0.2, -0.15) is 0 Å². The van der Waals surface area contributed by atoms with E-state index in [1.807, 2.05) is 0 Å². The number of fused-ring (bicyclic) bond motifs is 5. The van der Waals surface area contributed by atoms with Gasteiger partial charge in [-0.15, -0.1) is 0 Å². The number of nitrogens with one attached hydrogen (secondary N) is 1. The summed E-state index contributed by atoms with van der Waals surface area (Å²) in [5.74, 6) is 3.61. The Morgan fingerprint density at radius 1 is 0.969 bits per heavy atom. The van der Waals surface area contributed by atoms with E-state index < -0.39 is 0 Å². The van der Waals surface area contributed by atoms with Crippen LogP contribution in [0.15, 0.2) is 18.2 Å². The van der Waals surface area contributed by atoms with E-state index in [0.29, 0.717) is 5.41 Å². The molecule has 0 spiro atoms. The van der Waals surface area contributed by atoms with Gasteiger partial charge in [0.2, 0.25) is 0 Å². The molecule has 0 radical (unpaired) electrons. The fourth-order valence-corrected chi connectivity index (χ4v) is 7.63. The summed E-state index contributed by atoms with van der Waals surface area (Å²) in [4.78, 5) is 0. The lowest BCUT2D eigenvalue weighted by Crippen LogP contribution is -2.48. The van der Waals surface area contributed by atoms with Gasteiger partial charge in [-0.3, -0.25) is 0 Å². The minimum absolute atomic E-state index is 0.508. The van der Waals surface area contributed by atoms with Gasteiger partial charge in [0.1, 0.15) is 5.75 Å². The van der Waals surface area contributed by atoms with E-state index in [1.165, 1.54) is 96.4 Å². The molecule has 5 atom stereocenters. The molecule has 0 amide bonds. The van der Waals surface area contributed by atoms with Crippen LogP contribution in [0.5, 0.6) is 5.75 Å².